The second kappa shape index (κ2) is 9.09. The molecule has 0 heterocycles. The van der Waals surface area contributed by atoms with Gasteiger partial charge in [-0.2, -0.15) is 0 Å². The van der Waals surface area contributed by atoms with Gasteiger partial charge in [-0.15, -0.1) is 0 Å². The summed E-state index contributed by atoms with van der Waals surface area (Å²) in [6.45, 7) is -0.334. The quantitative estimate of drug-likeness (QED) is 0.420. The molecule has 148 valence electrons. The number of hydrogen-bond donors (Lipinski definition) is 1. The minimum atomic E-state index is -0.334. The molecule has 2 heteroatoms. The van der Waals surface area contributed by atoms with Crippen molar-refractivity contribution in [3.8, 4) is 5.75 Å². The molecule has 0 amide bonds. The molecular formula is C27H27FO. The van der Waals surface area contributed by atoms with Crippen molar-refractivity contribution in [3.05, 3.63) is 101 Å². The molecule has 29 heavy (non-hydrogen) atoms. The van der Waals surface area contributed by atoms with E-state index in [0.717, 1.165) is 27.8 Å². The highest BCUT2D eigenvalue weighted by Crippen LogP contribution is 2.39. The Hall–Kier alpha value is -2.87. The minimum absolute atomic E-state index is 0.249. The van der Waals surface area contributed by atoms with Crippen molar-refractivity contribution in [3.63, 3.8) is 0 Å². The fraction of sp³-hybridized carbons (Fsp3) is 0.259. The molecule has 0 saturated heterocycles. The number of hydrogen-bond acceptors (Lipinski definition) is 1. The van der Waals surface area contributed by atoms with E-state index >= 15 is 0 Å². The Labute approximate surface area is 172 Å². The molecule has 3 aromatic rings. The van der Waals surface area contributed by atoms with E-state index in [1.54, 1.807) is 12.1 Å². The number of rotatable bonds is 7. The number of benzene rings is 3. The van der Waals surface area contributed by atoms with Gasteiger partial charge in [0.1, 0.15) is 5.75 Å². The van der Waals surface area contributed by atoms with Gasteiger partial charge >= 0.3 is 0 Å². The smallest absolute Gasteiger partial charge is 0.115 e. The fourth-order valence-corrected chi connectivity index (χ4v) is 4.10. The molecule has 1 fully saturated rings. The van der Waals surface area contributed by atoms with Crippen molar-refractivity contribution in [2.24, 2.45) is 0 Å². The highest BCUT2D eigenvalue weighted by molar-refractivity contribution is 5.98. The van der Waals surface area contributed by atoms with Crippen molar-refractivity contribution in [1.82, 2.24) is 0 Å². The average molecular weight is 387 g/mol. The van der Waals surface area contributed by atoms with E-state index in [-0.39, 0.29) is 12.4 Å². The third kappa shape index (κ3) is 4.42. The summed E-state index contributed by atoms with van der Waals surface area (Å²) in [6.07, 6.45) is 5.05. The van der Waals surface area contributed by atoms with E-state index in [1.807, 2.05) is 30.3 Å². The van der Waals surface area contributed by atoms with Crippen LogP contribution in [0.15, 0.2) is 78.9 Å². The first kappa shape index (κ1) is 19.4. The molecule has 1 saturated carbocycles. The predicted octanol–water partition coefficient (Wildman–Crippen LogP) is 7.37. The molecule has 1 aliphatic rings. The van der Waals surface area contributed by atoms with Crippen LogP contribution in [0.3, 0.4) is 0 Å². The standard InChI is InChI=1S/C27H27FO/c28-19-5-10-26(22-6-2-1-3-7-22)27(24-15-17-25(29)18-16-24)23-13-11-21(12-14-23)20-8-4-9-20/h1-3,6-7,11-18,20,29H,4-5,8-10,19H2/b27-26+. The number of allylic oxidation sites excluding steroid dienone is 1. The molecule has 0 bridgehead atoms. The highest BCUT2D eigenvalue weighted by atomic mass is 19.1. The van der Waals surface area contributed by atoms with Gasteiger partial charge in [0.05, 0.1) is 6.67 Å². The Morgan fingerprint density at radius 2 is 1.41 bits per heavy atom. The van der Waals surface area contributed by atoms with Crippen LogP contribution in [0.2, 0.25) is 0 Å². The van der Waals surface area contributed by atoms with Crippen molar-refractivity contribution in [1.29, 1.82) is 0 Å². The Morgan fingerprint density at radius 1 is 0.793 bits per heavy atom. The van der Waals surface area contributed by atoms with Gasteiger partial charge in [-0.25, -0.2) is 0 Å². The molecule has 0 atom stereocenters. The second-order valence-electron chi connectivity index (χ2n) is 7.81. The number of phenols is 1. The van der Waals surface area contributed by atoms with Crippen molar-refractivity contribution >= 4 is 11.1 Å². The Kier molecular flexibility index (Phi) is 6.09. The number of alkyl halides is 1. The lowest BCUT2D eigenvalue weighted by Crippen LogP contribution is -2.08. The van der Waals surface area contributed by atoms with Crippen LogP contribution in [-0.2, 0) is 0 Å². The van der Waals surface area contributed by atoms with Crippen LogP contribution in [-0.4, -0.2) is 11.8 Å². The maximum absolute atomic E-state index is 13.1. The molecule has 0 aliphatic heterocycles. The summed E-state index contributed by atoms with van der Waals surface area (Å²) >= 11 is 0. The molecular weight excluding hydrogens is 359 g/mol. The van der Waals surface area contributed by atoms with E-state index in [2.05, 4.69) is 36.4 Å². The summed E-state index contributed by atoms with van der Waals surface area (Å²) in [5.74, 6) is 0.948. The SMILES string of the molecule is Oc1ccc(/C(=C(\CCCF)c2ccccc2)c2ccc(C3CCC3)cc2)cc1. The first-order valence-electron chi connectivity index (χ1n) is 10.5. The highest BCUT2D eigenvalue weighted by Gasteiger charge is 2.20. The van der Waals surface area contributed by atoms with Crippen molar-refractivity contribution in [2.45, 2.75) is 38.0 Å². The van der Waals surface area contributed by atoms with Crippen LogP contribution in [0.5, 0.6) is 5.75 Å². The number of halogens is 1. The topological polar surface area (TPSA) is 20.2 Å². The van der Waals surface area contributed by atoms with Crippen LogP contribution in [0.25, 0.3) is 11.1 Å². The molecule has 1 N–H and O–H groups in total. The van der Waals surface area contributed by atoms with Crippen LogP contribution >= 0.6 is 0 Å². The minimum Gasteiger partial charge on any atom is -0.508 e. The lowest BCUT2D eigenvalue weighted by molar-refractivity contribution is 0.420. The van der Waals surface area contributed by atoms with Gasteiger partial charge in [0.25, 0.3) is 0 Å². The van der Waals surface area contributed by atoms with Crippen molar-refractivity contribution in [2.75, 3.05) is 6.67 Å². The van der Waals surface area contributed by atoms with E-state index in [4.69, 9.17) is 0 Å². The van der Waals surface area contributed by atoms with Gasteiger partial charge in [0.2, 0.25) is 0 Å². The van der Waals surface area contributed by atoms with Gasteiger partial charge < -0.3 is 5.11 Å². The molecule has 1 nitrogen and oxygen atoms in total. The van der Waals surface area contributed by atoms with Crippen molar-refractivity contribution < 1.29 is 9.50 Å². The summed E-state index contributed by atoms with van der Waals surface area (Å²) in [4.78, 5) is 0. The zero-order valence-electron chi connectivity index (χ0n) is 16.7. The van der Waals surface area contributed by atoms with Crippen LogP contribution in [0.4, 0.5) is 4.39 Å². The number of phenolic OH excluding ortho intramolecular Hbond substituents is 1. The predicted molar refractivity (Wildman–Crippen MR) is 119 cm³/mol. The maximum Gasteiger partial charge on any atom is 0.115 e. The fourth-order valence-electron chi connectivity index (χ4n) is 4.10. The summed E-state index contributed by atoms with van der Waals surface area (Å²) in [5, 5.41) is 9.77. The largest absolute Gasteiger partial charge is 0.508 e. The van der Waals surface area contributed by atoms with Gasteiger partial charge in [-0.05, 0) is 77.1 Å². The van der Waals surface area contributed by atoms with E-state index < -0.39 is 0 Å². The number of aromatic hydroxyl groups is 1. The zero-order chi connectivity index (χ0) is 20.1. The Morgan fingerprint density at radius 3 is 1.97 bits per heavy atom. The molecule has 1 aliphatic carbocycles. The van der Waals surface area contributed by atoms with Crippen LogP contribution < -0.4 is 0 Å². The normalized spacial score (nSPS) is 14.9. The third-order valence-electron chi connectivity index (χ3n) is 5.92. The Bertz CT molecular complexity index is 952. The van der Waals surface area contributed by atoms with Gasteiger partial charge in [0, 0.05) is 0 Å². The first-order chi connectivity index (χ1) is 14.3. The first-order valence-corrected chi connectivity index (χ1v) is 10.5. The molecule has 0 aromatic heterocycles. The average Bonchev–Trinajstić information content (AvgIpc) is 2.72. The second-order valence-corrected chi connectivity index (χ2v) is 7.81. The van der Waals surface area contributed by atoms with Gasteiger partial charge in [0.15, 0.2) is 0 Å². The third-order valence-corrected chi connectivity index (χ3v) is 5.92. The monoisotopic (exact) mass is 386 g/mol. The Balaban J connectivity index is 1.85. The molecule has 4 rings (SSSR count). The molecule has 0 unspecified atom stereocenters. The summed E-state index contributed by atoms with van der Waals surface area (Å²) in [6, 6.07) is 26.5. The van der Waals surface area contributed by atoms with E-state index in [0.29, 0.717) is 18.8 Å². The molecule has 0 spiro atoms. The maximum atomic E-state index is 13.1. The van der Waals surface area contributed by atoms with Gasteiger partial charge in [-0.1, -0.05) is 73.2 Å². The zero-order valence-corrected chi connectivity index (χ0v) is 16.7. The summed E-state index contributed by atoms with van der Waals surface area (Å²) in [5.41, 5.74) is 6.96. The van der Waals surface area contributed by atoms with E-state index in [9.17, 15) is 9.50 Å². The van der Waals surface area contributed by atoms with Crippen LogP contribution in [0.1, 0.15) is 60.3 Å². The summed E-state index contributed by atoms with van der Waals surface area (Å²) < 4.78 is 13.1. The lowest BCUT2D eigenvalue weighted by atomic mass is 9.79. The van der Waals surface area contributed by atoms with Crippen LogP contribution in [0, 0.1) is 0 Å². The molecule has 0 radical (unpaired) electrons. The summed E-state index contributed by atoms with van der Waals surface area (Å²) in [7, 11) is 0. The van der Waals surface area contributed by atoms with Gasteiger partial charge in [-0.3, -0.25) is 4.39 Å². The van der Waals surface area contributed by atoms with E-state index in [1.165, 1.54) is 24.8 Å². The molecule has 3 aromatic carbocycles. The lowest BCUT2D eigenvalue weighted by Gasteiger charge is -2.26.